The van der Waals surface area contributed by atoms with Crippen molar-refractivity contribution in [1.82, 2.24) is 0 Å². The maximum absolute atomic E-state index is 12.4. The molecule has 1 aromatic carbocycles. The zero-order valence-corrected chi connectivity index (χ0v) is 14.4. The van der Waals surface area contributed by atoms with Gasteiger partial charge in [-0.3, -0.25) is 14.9 Å². The molecule has 0 atom stereocenters. The second-order valence-electron chi connectivity index (χ2n) is 5.19. The quantitative estimate of drug-likeness (QED) is 0.517. The van der Waals surface area contributed by atoms with E-state index in [4.69, 9.17) is 4.74 Å². The Hall–Kier alpha value is -2.74. The molecular weight excluding hydrogens is 332 g/mol. The Morgan fingerprint density at radius 2 is 1.92 bits per heavy atom. The summed E-state index contributed by atoms with van der Waals surface area (Å²) < 4.78 is 4.76. The fraction of sp³-hybridized carbons (Fsp3) is 0.250. The second-order valence-corrected chi connectivity index (χ2v) is 6.42. The normalized spacial score (nSPS) is 10.3. The largest absolute Gasteiger partial charge is 0.465 e. The van der Waals surface area contributed by atoms with E-state index in [9.17, 15) is 19.7 Å². The summed E-state index contributed by atoms with van der Waals surface area (Å²) in [6.45, 7) is 5.19. The lowest BCUT2D eigenvalue weighted by atomic mass is 10.1. The van der Waals surface area contributed by atoms with Gasteiger partial charge in [0.15, 0.2) is 0 Å². The van der Waals surface area contributed by atoms with Crippen molar-refractivity contribution in [3.63, 3.8) is 0 Å². The van der Waals surface area contributed by atoms with Gasteiger partial charge in [-0.2, -0.15) is 0 Å². The molecule has 0 fully saturated rings. The number of rotatable bonds is 4. The number of methoxy groups -OCH3 is 1. The second kappa shape index (κ2) is 6.79. The summed E-state index contributed by atoms with van der Waals surface area (Å²) in [5.41, 5.74) is 1.69. The lowest BCUT2D eigenvalue weighted by Crippen LogP contribution is -2.14. The monoisotopic (exact) mass is 348 g/mol. The number of anilines is 1. The maximum atomic E-state index is 12.4. The molecule has 24 heavy (non-hydrogen) atoms. The Morgan fingerprint density at radius 3 is 2.46 bits per heavy atom. The predicted molar refractivity (Wildman–Crippen MR) is 90.9 cm³/mol. The van der Waals surface area contributed by atoms with E-state index in [1.165, 1.54) is 36.6 Å². The number of nitro benzene ring substituents is 1. The van der Waals surface area contributed by atoms with Crippen LogP contribution in [0.2, 0.25) is 0 Å². The average molecular weight is 348 g/mol. The fourth-order valence-electron chi connectivity index (χ4n) is 2.24. The molecule has 0 aliphatic heterocycles. The van der Waals surface area contributed by atoms with Gasteiger partial charge in [0.1, 0.15) is 5.00 Å². The third kappa shape index (κ3) is 3.28. The van der Waals surface area contributed by atoms with Crippen LogP contribution in [0.5, 0.6) is 0 Å². The van der Waals surface area contributed by atoms with E-state index in [-0.39, 0.29) is 11.3 Å². The van der Waals surface area contributed by atoms with Crippen LogP contribution in [0.4, 0.5) is 10.7 Å². The molecule has 0 saturated carbocycles. The number of benzene rings is 1. The molecule has 1 amide bonds. The molecule has 8 heteroatoms. The molecule has 0 radical (unpaired) electrons. The van der Waals surface area contributed by atoms with Crippen molar-refractivity contribution >= 4 is 33.9 Å². The van der Waals surface area contributed by atoms with E-state index in [1.54, 1.807) is 13.8 Å². The SMILES string of the molecule is COC(=O)c1c(NC(=O)c2ccc([N+](=O)[O-])c(C)c2)sc(C)c1C. The van der Waals surface area contributed by atoms with Crippen molar-refractivity contribution in [3.8, 4) is 0 Å². The first-order valence-electron chi connectivity index (χ1n) is 7.01. The molecule has 2 aromatic rings. The molecule has 126 valence electrons. The predicted octanol–water partition coefficient (Wildman–Crippen LogP) is 3.62. The minimum absolute atomic E-state index is 0.0513. The molecule has 0 bridgehead atoms. The van der Waals surface area contributed by atoms with Crippen LogP contribution in [0.15, 0.2) is 18.2 Å². The van der Waals surface area contributed by atoms with Crippen molar-refractivity contribution < 1.29 is 19.2 Å². The minimum Gasteiger partial charge on any atom is -0.465 e. The van der Waals surface area contributed by atoms with Crippen LogP contribution in [-0.4, -0.2) is 23.9 Å². The maximum Gasteiger partial charge on any atom is 0.341 e. The van der Waals surface area contributed by atoms with Gasteiger partial charge >= 0.3 is 5.97 Å². The van der Waals surface area contributed by atoms with Crippen molar-refractivity contribution in [1.29, 1.82) is 0 Å². The van der Waals surface area contributed by atoms with Crippen LogP contribution >= 0.6 is 11.3 Å². The number of thiophene rings is 1. The number of ether oxygens (including phenoxy) is 1. The van der Waals surface area contributed by atoms with E-state index in [1.807, 2.05) is 6.92 Å². The number of esters is 1. The van der Waals surface area contributed by atoms with Gasteiger partial charge in [-0.1, -0.05) is 0 Å². The van der Waals surface area contributed by atoms with Gasteiger partial charge in [0.05, 0.1) is 17.6 Å². The lowest BCUT2D eigenvalue weighted by Gasteiger charge is -2.07. The van der Waals surface area contributed by atoms with E-state index < -0.39 is 16.8 Å². The van der Waals surface area contributed by atoms with Crippen molar-refractivity contribution in [2.75, 3.05) is 12.4 Å². The summed E-state index contributed by atoms with van der Waals surface area (Å²) in [7, 11) is 1.28. The fourth-order valence-corrected chi connectivity index (χ4v) is 3.28. The number of amides is 1. The number of hydrogen-bond donors (Lipinski definition) is 1. The standard InChI is InChI=1S/C16H16N2O5S/c1-8-7-11(5-6-12(8)18(21)22)14(19)17-15-13(16(20)23-4)9(2)10(3)24-15/h5-7H,1-4H3,(H,17,19). The summed E-state index contributed by atoms with van der Waals surface area (Å²) in [5, 5.41) is 13.9. The number of aryl methyl sites for hydroxylation is 2. The molecule has 0 aliphatic rings. The zero-order chi connectivity index (χ0) is 18.0. The lowest BCUT2D eigenvalue weighted by molar-refractivity contribution is -0.385. The zero-order valence-electron chi connectivity index (χ0n) is 13.6. The van der Waals surface area contributed by atoms with Gasteiger partial charge in [-0.25, -0.2) is 4.79 Å². The third-order valence-corrected chi connectivity index (χ3v) is 4.78. The van der Waals surface area contributed by atoms with Gasteiger partial charge < -0.3 is 10.1 Å². The summed E-state index contributed by atoms with van der Waals surface area (Å²) in [4.78, 5) is 35.6. The van der Waals surface area contributed by atoms with Crippen LogP contribution in [0.3, 0.4) is 0 Å². The topological polar surface area (TPSA) is 98.5 Å². The summed E-state index contributed by atoms with van der Waals surface area (Å²) in [6.07, 6.45) is 0. The average Bonchev–Trinajstić information content (AvgIpc) is 2.80. The molecule has 2 rings (SSSR count). The highest BCUT2D eigenvalue weighted by Crippen LogP contribution is 2.33. The van der Waals surface area contributed by atoms with Crippen LogP contribution in [0.1, 0.15) is 36.7 Å². The molecular formula is C16H16N2O5S. The van der Waals surface area contributed by atoms with Crippen molar-refractivity contribution in [3.05, 3.63) is 55.4 Å². The molecule has 1 heterocycles. The smallest absolute Gasteiger partial charge is 0.341 e. The van der Waals surface area contributed by atoms with E-state index >= 15 is 0 Å². The molecule has 0 aliphatic carbocycles. The van der Waals surface area contributed by atoms with Gasteiger partial charge in [0.25, 0.3) is 11.6 Å². The molecule has 7 nitrogen and oxygen atoms in total. The van der Waals surface area contributed by atoms with Gasteiger partial charge in [0.2, 0.25) is 0 Å². The number of carbonyl (C=O) groups is 2. The Morgan fingerprint density at radius 1 is 1.25 bits per heavy atom. The van der Waals surface area contributed by atoms with Crippen molar-refractivity contribution in [2.24, 2.45) is 0 Å². The number of nitro groups is 1. The first kappa shape index (κ1) is 17.6. The van der Waals surface area contributed by atoms with E-state index in [2.05, 4.69) is 5.32 Å². The molecule has 0 spiro atoms. The highest BCUT2D eigenvalue weighted by Gasteiger charge is 2.22. The van der Waals surface area contributed by atoms with Crippen LogP contribution in [-0.2, 0) is 4.74 Å². The number of hydrogen-bond acceptors (Lipinski definition) is 6. The summed E-state index contributed by atoms with van der Waals surface area (Å²) in [5.74, 6) is -0.966. The van der Waals surface area contributed by atoms with Crippen LogP contribution in [0.25, 0.3) is 0 Å². The van der Waals surface area contributed by atoms with Crippen LogP contribution < -0.4 is 5.32 Å². The van der Waals surface area contributed by atoms with Gasteiger partial charge in [0, 0.05) is 22.1 Å². The van der Waals surface area contributed by atoms with Gasteiger partial charge in [-0.05, 0) is 38.5 Å². The van der Waals surface area contributed by atoms with Crippen molar-refractivity contribution in [2.45, 2.75) is 20.8 Å². The Bertz CT molecular complexity index is 841. The van der Waals surface area contributed by atoms with Gasteiger partial charge in [-0.15, -0.1) is 11.3 Å². The highest BCUT2D eigenvalue weighted by atomic mass is 32.1. The minimum atomic E-state index is -0.521. The number of nitrogens with one attached hydrogen (secondary N) is 1. The highest BCUT2D eigenvalue weighted by molar-refractivity contribution is 7.16. The summed E-state index contributed by atoms with van der Waals surface area (Å²) in [6, 6.07) is 4.11. The molecule has 0 unspecified atom stereocenters. The number of carbonyl (C=O) groups excluding carboxylic acids is 2. The third-order valence-electron chi connectivity index (χ3n) is 3.66. The first-order chi connectivity index (χ1) is 11.3. The molecule has 1 N–H and O–H groups in total. The van der Waals surface area contributed by atoms with Crippen LogP contribution in [0, 0.1) is 30.9 Å². The number of nitrogens with zero attached hydrogens (tertiary/aromatic N) is 1. The Balaban J connectivity index is 2.34. The molecule has 0 saturated heterocycles. The first-order valence-corrected chi connectivity index (χ1v) is 7.82. The Labute approximate surface area is 142 Å². The Kier molecular flexibility index (Phi) is 4.99. The van der Waals surface area contributed by atoms with E-state index in [0.29, 0.717) is 16.1 Å². The summed E-state index contributed by atoms with van der Waals surface area (Å²) >= 11 is 1.28. The molecule has 1 aromatic heterocycles. The van der Waals surface area contributed by atoms with E-state index in [0.717, 1.165) is 10.4 Å².